The zero-order valence-electron chi connectivity index (χ0n) is 17.4. The summed E-state index contributed by atoms with van der Waals surface area (Å²) in [6, 6.07) is 5.81. The fourth-order valence-corrected chi connectivity index (χ4v) is 6.04. The average molecular weight is 444 g/mol. The number of rotatable bonds is 8. The molecule has 0 saturated heterocycles. The molecule has 1 amide bonds. The van der Waals surface area contributed by atoms with Crippen LogP contribution in [-0.2, 0) is 24.1 Å². The van der Waals surface area contributed by atoms with E-state index in [0.717, 1.165) is 40.5 Å². The van der Waals surface area contributed by atoms with Gasteiger partial charge >= 0.3 is 0 Å². The van der Waals surface area contributed by atoms with Crippen LogP contribution in [0.15, 0.2) is 23.2 Å². The van der Waals surface area contributed by atoms with E-state index in [1.54, 1.807) is 25.6 Å². The predicted octanol–water partition coefficient (Wildman–Crippen LogP) is 3.96. The van der Waals surface area contributed by atoms with E-state index < -0.39 is 0 Å². The molecule has 2 aromatic heterocycles. The van der Waals surface area contributed by atoms with Crippen molar-refractivity contribution in [2.45, 2.75) is 37.6 Å². The molecule has 0 saturated carbocycles. The van der Waals surface area contributed by atoms with E-state index in [0.29, 0.717) is 23.8 Å². The highest BCUT2D eigenvalue weighted by Crippen LogP contribution is 2.40. The number of thioether (sulfide) groups is 1. The Morgan fingerprint density at radius 1 is 1.20 bits per heavy atom. The fourth-order valence-electron chi connectivity index (χ4n) is 3.74. The summed E-state index contributed by atoms with van der Waals surface area (Å²) in [5.74, 6) is 2.52. The fraction of sp³-hybridized carbons (Fsp3) is 0.409. The first-order valence-corrected chi connectivity index (χ1v) is 11.8. The number of amides is 1. The van der Waals surface area contributed by atoms with Crippen LogP contribution >= 0.6 is 23.1 Å². The van der Waals surface area contributed by atoms with Crippen molar-refractivity contribution in [2.75, 3.05) is 26.5 Å². The number of hydrogen-bond acceptors (Lipinski definition) is 7. The van der Waals surface area contributed by atoms with Crippen molar-refractivity contribution in [1.82, 2.24) is 15.3 Å². The third kappa shape index (κ3) is 4.39. The van der Waals surface area contributed by atoms with E-state index in [-0.39, 0.29) is 5.91 Å². The minimum absolute atomic E-state index is 0.0109. The van der Waals surface area contributed by atoms with E-state index in [9.17, 15) is 4.79 Å². The predicted molar refractivity (Wildman–Crippen MR) is 121 cm³/mol. The smallest absolute Gasteiger partial charge is 0.230 e. The van der Waals surface area contributed by atoms with E-state index in [1.807, 2.05) is 25.1 Å². The molecule has 0 aliphatic heterocycles. The van der Waals surface area contributed by atoms with Gasteiger partial charge in [0.2, 0.25) is 5.91 Å². The second-order valence-electron chi connectivity index (χ2n) is 7.19. The SMILES string of the molecule is COc1ccc(CCNC(=O)CSc2nc(C)nc3sc4c(c23)CCC4)cc1OC. The van der Waals surface area contributed by atoms with Crippen LogP contribution in [0, 0.1) is 6.92 Å². The zero-order chi connectivity index (χ0) is 21.1. The second kappa shape index (κ2) is 9.22. The summed E-state index contributed by atoms with van der Waals surface area (Å²) in [7, 11) is 3.24. The molecular formula is C22H25N3O3S2. The normalized spacial score (nSPS) is 12.8. The number of methoxy groups -OCH3 is 2. The standard InChI is InChI=1S/C22H25N3O3S2/c1-13-24-21(20-15-5-4-6-18(15)30-22(20)25-13)29-12-19(26)23-10-9-14-7-8-16(27-2)17(11-14)28-3/h7-8,11H,4-6,9-10,12H2,1-3H3,(H,23,26). The molecule has 1 aromatic carbocycles. The number of nitrogens with one attached hydrogen (secondary N) is 1. The van der Waals surface area contributed by atoms with E-state index in [4.69, 9.17) is 9.47 Å². The zero-order valence-corrected chi connectivity index (χ0v) is 19.0. The van der Waals surface area contributed by atoms with E-state index in [1.165, 1.54) is 34.0 Å². The largest absolute Gasteiger partial charge is 0.493 e. The molecule has 158 valence electrons. The molecule has 8 heteroatoms. The van der Waals surface area contributed by atoms with Gasteiger partial charge in [-0.3, -0.25) is 4.79 Å². The lowest BCUT2D eigenvalue weighted by Gasteiger charge is -2.10. The summed E-state index contributed by atoms with van der Waals surface area (Å²) in [6.45, 7) is 2.48. The summed E-state index contributed by atoms with van der Waals surface area (Å²) < 4.78 is 10.6. The Morgan fingerprint density at radius 2 is 2.03 bits per heavy atom. The van der Waals surface area contributed by atoms with Gasteiger partial charge in [0.05, 0.1) is 20.0 Å². The van der Waals surface area contributed by atoms with Crippen LogP contribution in [0.3, 0.4) is 0 Å². The van der Waals surface area contributed by atoms with Crippen LogP contribution in [0.5, 0.6) is 11.5 Å². The van der Waals surface area contributed by atoms with Gasteiger partial charge in [-0.15, -0.1) is 11.3 Å². The molecule has 4 rings (SSSR count). The van der Waals surface area contributed by atoms with Crippen LogP contribution in [0.2, 0.25) is 0 Å². The van der Waals surface area contributed by atoms with Gasteiger partial charge in [0, 0.05) is 16.8 Å². The Hall–Kier alpha value is -2.32. The lowest BCUT2D eigenvalue weighted by atomic mass is 10.1. The number of fused-ring (bicyclic) bond motifs is 3. The molecule has 0 fully saturated rings. The molecule has 1 aliphatic carbocycles. The topological polar surface area (TPSA) is 73.3 Å². The van der Waals surface area contributed by atoms with Gasteiger partial charge in [0.1, 0.15) is 15.7 Å². The maximum Gasteiger partial charge on any atom is 0.230 e. The molecule has 2 heterocycles. The molecule has 3 aromatic rings. The number of ether oxygens (including phenoxy) is 2. The van der Waals surface area contributed by atoms with Gasteiger partial charge in [0.25, 0.3) is 0 Å². The van der Waals surface area contributed by atoms with Crippen LogP contribution in [0.4, 0.5) is 0 Å². The van der Waals surface area contributed by atoms with Gasteiger partial charge in [-0.25, -0.2) is 9.97 Å². The third-order valence-electron chi connectivity index (χ3n) is 5.17. The number of hydrogen-bond donors (Lipinski definition) is 1. The van der Waals surface area contributed by atoms with Crippen molar-refractivity contribution in [2.24, 2.45) is 0 Å². The van der Waals surface area contributed by atoms with Crippen LogP contribution in [0.1, 0.15) is 28.2 Å². The number of carbonyl (C=O) groups excluding carboxylic acids is 1. The van der Waals surface area contributed by atoms with E-state index >= 15 is 0 Å². The highest BCUT2D eigenvalue weighted by molar-refractivity contribution is 8.00. The lowest BCUT2D eigenvalue weighted by molar-refractivity contribution is -0.118. The number of carbonyl (C=O) groups is 1. The third-order valence-corrected chi connectivity index (χ3v) is 7.33. The first kappa shape index (κ1) is 20.9. The van der Waals surface area contributed by atoms with Gasteiger partial charge in [-0.1, -0.05) is 17.8 Å². The van der Waals surface area contributed by atoms with Crippen molar-refractivity contribution in [3.63, 3.8) is 0 Å². The summed E-state index contributed by atoms with van der Waals surface area (Å²) in [5.41, 5.74) is 2.48. The first-order valence-electron chi connectivity index (χ1n) is 9.98. The molecular weight excluding hydrogens is 418 g/mol. The van der Waals surface area contributed by atoms with Crippen molar-refractivity contribution in [3.8, 4) is 11.5 Å². The Morgan fingerprint density at radius 3 is 2.83 bits per heavy atom. The summed E-state index contributed by atoms with van der Waals surface area (Å²) in [5, 5.41) is 5.11. The highest BCUT2D eigenvalue weighted by Gasteiger charge is 2.22. The van der Waals surface area contributed by atoms with Crippen LogP contribution < -0.4 is 14.8 Å². The first-order chi connectivity index (χ1) is 14.6. The van der Waals surface area contributed by atoms with Gasteiger partial charge in [0.15, 0.2) is 11.5 Å². The van der Waals surface area contributed by atoms with Crippen LogP contribution in [0.25, 0.3) is 10.2 Å². The minimum atomic E-state index is 0.0109. The molecule has 6 nitrogen and oxygen atoms in total. The molecule has 0 bridgehead atoms. The molecule has 30 heavy (non-hydrogen) atoms. The summed E-state index contributed by atoms with van der Waals surface area (Å²) >= 11 is 3.29. The van der Waals surface area contributed by atoms with Crippen LogP contribution in [-0.4, -0.2) is 42.4 Å². The molecule has 1 aliphatic rings. The monoisotopic (exact) mass is 443 g/mol. The number of nitrogens with zero attached hydrogens (tertiary/aromatic N) is 2. The van der Waals surface area contributed by atoms with E-state index in [2.05, 4.69) is 15.3 Å². The molecule has 0 spiro atoms. The van der Waals surface area contributed by atoms with Crippen molar-refractivity contribution in [1.29, 1.82) is 0 Å². The number of aryl methyl sites for hydroxylation is 3. The minimum Gasteiger partial charge on any atom is -0.493 e. The maximum absolute atomic E-state index is 12.4. The summed E-state index contributed by atoms with van der Waals surface area (Å²) in [4.78, 5) is 24.2. The van der Waals surface area contributed by atoms with Gasteiger partial charge < -0.3 is 14.8 Å². The maximum atomic E-state index is 12.4. The molecule has 0 atom stereocenters. The Labute approximate surface area is 184 Å². The highest BCUT2D eigenvalue weighted by atomic mass is 32.2. The lowest BCUT2D eigenvalue weighted by Crippen LogP contribution is -2.27. The molecule has 0 unspecified atom stereocenters. The van der Waals surface area contributed by atoms with Crippen molar-refractivity contribution in [3.05, 3.63) is 40.0 Å². The Bertz CT molecular complexity index is 1080. The number of aromatic nitrogens is 2. The van der Waals surface area contributed by atoms with Crippen molar-refractivity contribution >= 4 is 39.2 Å². The summed E-state index contributed by atoms with van der Waals surface area (Å²) in [6.07, 6.45) is 4.15. The number of thiophene rings is 1. The number of benzene rings is 1. The Kier molecular flexibility index (Phi) is 6.43. The van der Waals surface area contributed by atoms with Crippen molar-refractivity contribution < 1.29 is 14.3 Å². The average Bonchev–Trinajstić information content (AvgIpc) is 3.32. The molecule has 0 radical (unpaired) electrons. The Balaban J connectivity index is 1.35. The molecule has 1 N–H and O–H groups in total. The van der Waals surface area contributed by atoms with Gasteiger partial charge in [-0.05, 0) is 55.9 Å². The second-order valence-corrected chi connectivity index (χ2v) is 9.24. The quantitative estimate of drug-likeness (QED) is 0.420. The van der Waals surface area contributed by atoms with Gasteiger partial charge in [-0.2, -0.15) is 0 Å².